The van der Waals surface area contributed by atoms with Crippen molar-refractivity contribution in [3.8, 4) is 5.75 Å². The maximum Gasteiger partial charge on any atom is 0.246 e. The molecule has 1 amide bonds. The third-order valence-electron chi connectivity index (χ3n) is 5.30. The van der Waals surface area contributed by atoms with Crippen molar-refractivity contribution in [2.24, 2.45) is 0 Å². The molecule has 4 heteroatoms. The van der Waals surface area contributed by atoms with Crippen molar-refractivity contribution in [2.45, 2.75) is 16.2 Å². The van der Waals surface area contributed by atoms with Crippen LogP contribution in [0.25, 0.3) is 0 Å². The fraction of sp³-hybridized carbons (Fsp3) is 0.160. The second-order valence-corrected chi connectivity index (χ2v) is 8.34. The van der Waals surface area contributed by atoms with Gasteiger partial charge < -0.3 is 9.64 Å². The van der Waals surface area contributed by atoms with Crippen molar-refractivity contribution in [1.29, 1.82) is 0 Å². The van der Waals surface area contributed by atoms with Crippen LogP contribution in [0.1, 0.15) is 16.7 Å². The summed E-state index contributed by atoms with van der Waals surface area (Å²) < 4.78 is 5.24. The highest BCUT2D eigenvalue weighted by molar-refractivity contribution is 8.00. The Bertz CT molecular complexity index is 1030. The molecule has 29 heavy (non-hydrogen) atoms. The average molecular weight is 402 g/mol. The summed E-state index contributed by atoms with van der Waals surface area (Å²) in [5.74, 6) is 0.742. The Morgan fingerprint density at radius 2 is 1.72 bits per heavy atom. The van der Waals surface area contributed by atoms with Gasteiger partial charge in [-0.1, -0.05) is 73.3 Å². The van der Waals surface area contributed by atoms with Crippen molar-refractivity contribution >= 4 is 17.7 Å². The predicted molar refractivity (Wildman–Crippen MR) is 118 cm³/mol. The zero-order chi connectivity index (χ0) is 20.3. The van der Waals surface area contributed by atoms with Crippen LogP contribution in [0.3, 0.4) is 0 Å². The number of hydrogen-bond donors (Lipinski definition) is 0. The molecule has 0 N–H and O–H groups in total. The van der Waals surface area contributed by atoms with Crippen LogP contribution in [0.15, 0.2) is 96.4 Å². The molecule has 0 saturated heterocycles. The number of rotatable bonds is 4. The molecule has 0 spiro atoms. The molecule has 3 nitrogen and oxygen atoms in total. The SMILES string of the molecule is C=CC(=O)N1Cc2ccccc2SC(c2ccccc2)(c2ccccc2OC)C1. The highest BCUT2D eigenvalue weighted by atomic mass is 32.2. The average Bonchev–Trinajstić information content (AvgIpc) is 2.97. The van der Waals surface area contributed by atoms with Crippen LogP contribution >= 0.6 is 11.8 Å². The van der Waals surface area contributed by atoms with Gasteiger partial charge in [-0.25, -0.2) is 0 Å². The third kappa shape index (κ3) is 3.56. The molecule has 0 bridgehead atoms. The molecule has 1 atom stereocenters. The van der Waals surface area contributed by atoms with E-state index in [4.69, 9.17) is 4.74 Å². The zero-order valence-electron chi connectivity index (χ0n) is 16.4. The van der Waals surface area contributed by atoms with Gasteiger partial charge in [0.05, 0.1) is 11.9 Å². The van der Waals surface area contributed by atoms with Gasteiger partial charge in [0, 0.05) is 23.5 Å². The van der Waals surface area contributed by atoms with E-state index in [0.29, 0.717) is 13.1 Å². The lowest BCUT2D eigenvalue weighted by Crippen LogP contribution is -2.40. The van der Waals surface area contributed by atoms with Crippen LogP contribution in [0.4, 0.5) is 0 Å². The third-order valence-corrected chi connectivity index (χ3v) is 6.85. The van der Waals surface area contributed by atoms with E-state index in [1.807, 2.05) is 47.4 Å². The summed E-state index contributed by atoms with van der Waals surface area (Å²) in [5, 5.41) is 0. The molecule has 0 saturated carbocycles. The lowest BCUT2D eigenvalue weighted by molar-refractivity contribution is -0.126. The maximum absolute atomic E-state index is 12.8. The van der Waals surface area contributed by atoms with E-state index in [0.717, 1.165) is 22.4 Å². The van der Waals surface area contributed by atoms with Gasteiger partial charge in [0.25, 0.3) is 0 Å². The molecule has 1 heterocycles. The first kappa shape index (κ1) is 19.3. The number of ether oxygens (including phenoxy) is 1. The van der Waals surface area contributed by atoms with Crippen LogP contribution in [0.2, 0.25) is 0 Å². The lowest BCUT2D eigenvalue weighted by Gasteiger charge is -2.37. The van der Waals surface area contributed by atoms with Crippen molar-refractivity contribution in [3.63, 3.8) is 0 Å². The van der Waals surface area contributed by atoms with Crippen LogP contribution in [0.5, 0.6) is 5.75 Å². The summed E-state index contributed by atoms with van der Waals surface area (Å²) in [6.07, 6.45) is 1.40. The van der Waals surface area contributed by atoms with Crippen LogP contribution in [-0.4, -0.2) is 24.5 Å². The molecular weight excluding hydrogens is 378 g/mol. The highest BCUT2D eigenvalue weighted by Gasteiger charge is 2.42. The fourth-order valence-electron chi connectivity index (χ4n) is 3.90. The molecule has 0 aliphatic carbocycles. The molecule has 0 radical (unpaired) electrons. The number of para-hydroxylation sites is 1. The Morgan fingerprint density at radius 1 is 1.03 bits per heavy atom. The minimum absolute atomic E-state index is 0.0718. The van der Waals surface area contributed by atoms with E-state index < -0.39 is 4.75 Å². The smallest absolute Gasteiger partial charge is 0.246 e. The van der Waals surface area contributed by atoms with E-state index in [1.165, 1.54) is 11.0 Å². The van der Waals surface area contributed by atoms with E-state index in [-0.39, 0.29) is 5.91 Å². The summed E-state index contributed by atoms with van der Waals surface area (Å²) in [6.45, 7) is 4.80. The molecule has 3 aromatic rings. The van der Waals surface area contributed by atoms with Gasteiger partial charge in [0.1, 0.15) is 5.75 Å². The topological polar surface area (TPSA) is 29.5 Å². The molecule has 0 fully saturated rings. The Hall–Kier alpha value is -2.98. The van der Waals surface area contributed by atoms with Gasteiger partial charge in [-0.3, -0.25) is 4.79 Å². The van der Waals surface area contributed by atoms with Crippen LogP contribution in [0, 0.1) is 0 Å². The number of hydrogen-bond acceptors (Lipinski definition) is 3. The van der Waals surface area contributed by atoms with Gasteiger partial charge in [-0.05, 0) is 29.3 Å². The summed E-state index contributed by atoms with van der Waals surface area (Å²) in [6, 6.07) is 26.7. The molecule has 3 aromatic carbocycles. The normalized spacial score (nSPS) is 18.4. The quantitative estimate of drug-likeness (QED) is 0.559. The first-order valence-electron chi connectivity index (χ1n) is 9.55. The number of amides is 1. The standard InChI is InChI=1S/C25H23NO2S/c1-3-24(27)26-17-19-11-7-10-16-23(19)29-25(18-26,20-12-5-4-6-13-20)21-14-8-9-15-22(21)28-2/h3-16H,1,17-18H2,2H3. The molecule has 4 rings (SSSR count). The van der Waals surface area contributed by atoms with E-state index in [1.54, 1.807) is 18.9 Å². The Balaban J connectivity index is 2.00. The highest BCUT2D eigenvalue weighted by Crippen LogP contribution is 2.52. The molecule has 1 aliphatic heterocycles. The van der Waals surface area contributed by atoms with Gasteiger partial charge in [0.15, 0.2) is 0 Å². The molecular formula is C25H23NO2S. The number of methoxy groups -OCH3 is 1. The minimum Gasteiger partial charge on any atom is -0.496 e. The van der Waals surface area contributed by atoms with Crippen molar-refractivity contribution in [3.05, 3.63) is 108 Å². The van der Waals surface area contributed by atoms with Crippen molar-refractivity contribution in [1.82, 2.24) is 4.90 Å². The first-order valence-corrected chi connectivity index (χ1v) is 10.4. The van der Waals surface area contributed by atoms with Gasteiger partial charge >= 0.3 is 0 Å². The molecule has 1 aliphatic rings. The second-order valence-electron chi connectivity index (χ2n) is 7.00. The van der Waals surface area contributed by atoms with E-state index >= 15 is 0 Å². The number of fused-ring (bicyclic) bond motifs is 1. The molecule has 1 unspecified atom stereocenters. The number of thioether (sulfide) groups is 1. The van der Waals surface area contributed by atoms with Gasteiger partial charge in [-0.2, -0.15) is 0 Å². The Labute approximate surface area is 176 Å². The second kappa shape index (κ2) is 8.18. The summed E-state index contributed by atoms with van der Waals surface area (Å²) in [4.78, 5) is 15.9. The van der Waals surface area contributed by atoms with Crippen LogP contribution in [-0.2, 0) is 16.1 Å². The van der Waals surface area contributed by atoms with Crippen molar-refractivity contribution in [2.75, 3.05) is 13.7 Å². The lowest BCUT2D eigenvalue weighted by atomic mass is 9.88. The van der Waals surface area contributed by atoms with Gasteiger partial charge in [-0.15, -0.1) is 11.8 Å². The predicted octanol–water partition coefficient (Wildman–Crippen LogP) is 5.26. The summed E-state index contributed by atoms with van der Waals surface area (Å²) >= 11 is 1.78. The number of carbonyl (C=O) groups excluding carboxylic acids is 1. The Kier molecular flexibility index (Phi) is 5.45. The van der Waals surface area contributed by atoms with E-state index in [2.05, 4.69) is 43.0 Å². The summed E-state index contributed by atoms with van der Waals surface area (Å²) in [7, 11) is 1.69. The Morgan fingerprint density at radius 3 is 2.48 bits per heavy atom. The number of benzene rings is 3. The first-order chi connectivity index (χ1) is 14.2. The minimum atomic E-state index is -0.515. The number of nitrogens with zero attached hydrogens (tertiary/aromatic N) is 1. The fourth-order valence-corrected chi connectivity index (χ4v) is 5.44. The monoisotopic (exact) mass is 401 g/mol. The number of carbonyl (C=O) groups is 1. The van der Waals surface area contributed by atoms with Crippen LogP contribution < -0.4 is 4.74 Å². The van der Waals surface area contributed by atoms with Gasteiger partial charge in [0.2, 0.25) is 5.91 Å². The van der Waals surface area contributed by atoms with Crippen molar-refractivity contribution < 1.29 is 9.53 Å². The molecule has 0 aromatic heterocycles. The van der Waals surface area contributed by atoms with E-state index in [9.17, 15) is 4.79 Å². The summed E-state index contributed by atoms with van der Waals surface area (Å²) in [5.41, 5.74) is 3.32. The zero-order valence-corrected chi connectivity index (χ0v) is 17.2. The largest absolute Gasteiger partial charge is 0.496 e. The molecule has 146 valence electrons. The maximum atomic E-state index is 12.8.